The van der Waals surface area contributed by atoms with Crippen LogP contribution in [0, 0.1) is 0 Å². The van der Waals surface area contributed by atoms with E-state index in [1.54, 1.807) is 6.20 Å². The van der Waals surface area contributed by atoms with E-state index in [0.29, 0.717) is 17.3 Å². The first-order valence-corrected chi connectivity index (χ1v) is 10.2. The molecule has 0 aliphatic carbocycles. The molecule has 0 aliphatic heterocycles. The van der Waals surface area contributed by atoms with E-state index in [2.05, 4.69) is 10.3 Å². The lowest BCUT2D eigenvalue weighted by molar-refractivity contribution is -0.113. The van der Waals surface area contributed by atoms with E-state index < -0.39 is 0 Å². The van der Waals surface area contributed by atoms with Crippen LogP contribution in [0.2, 0.25) is 5.02 Å². The zero-order valence-corrected chi connectivity index (χ0v) is 16.6. The molecule has 4 nitrogen and oxygen atoms in total. The molecule has 1 aromatic heterocycles. The zero-order chi connectivity index (χ0) is 19.3. The lowest BCUT2D eigenvalue weighted by Gasteiger charge is -2.10. The van der Waals surface area contributed by atoms with Crippen LogP contribution in [0.25, 0.3) is 10.8 Å². The number of hydrogen-bond donors (Lipinski definition) is 1. The van der Waals surface area contributed by atoms with Crippen LogP contribution in [0.15, 0.2) is 84.3 Å². The Labute approximate surface area is 172 Å². The van der Waals surface area contributed by atoms with Crippen LogP contribution in [-0.4, -0.2) is 21.2 Å². The number of carbonyl (C=O) groups is 1. The Morgan fingerprint density at radius 3 is 2.68 bits per heavy atom. The second-order valence-corrected chi connectivity index (χ2v) is 7.71. The van der Waals surface area contributed by atoms with Gasteiger partial charge >= 0.3 is 0 Å². The molecule has 1 amide bonds. The van der Waals surface area contributed by atoms with Crippen LogP contribution in [0.3, 0.4) is 0 Å². The molecule has 6 heteroatoms. The summed E-state index contributed by atoms with van der Waals surface area (Å²) in [5.41, 5.74) is 1.96. The number of halogens is 1. The molecule has 0 fully saturated rings. The number of carbonyl (C=O) groups excluding carboxylic acids is 1. The van der Waals surface area contributed by atoms with E-state index in [9.17, 15) is 4.79 Å². The number of fused-ring (bicyclic) bond motifs is 1. The van der Waals surface area contributed by atoms with E-state index in [-0.39, 0.29) is 5.91 Å². The van der Waals surface area contributed by atoms with E-state index in [4.69, 9.17) is 11.6 Å². The molecule has 0 atom stereocenters. The Hall–Kier alpha value is -2.76. The van der Waals surface area contributed by atoms with Gasteiger partial charge in [-0.1, -0.05) is 71.9 Å². The van der Waals surface area contributed by atoms with Crippen molar-refractivity contribution in [2.24, 2.45) is 0 Å². The number of rotatable bonds is 6. The average molecular weight is 408 g/mol. The standard InChI is InChI=1S/C22H18ClN3OS/c23-18-10-8-16(9-11-18)14-26-13-12-24-22(26)28-15-21(27)25-20-7-3-5-17-4-1-2-6-19(17)20/h1-13H,14-15H2,(H,25,27). The quantitative estimate of drug-likeness (QED) is 0.431. The Morgan fingerprint density at radius 1 is 1.04 bits per heavy atom. The van der Waals surface area contributed by atoms with Crippen molar-refractivity contribution >= 4 is 45.7 Å². The third kappa shape index (κ3) is 4.38. The number of thioether (sulfide) groups is 1. The van der Waals surface area contributed by atoms with Crippen molar-refractivity contribution < 1.29 is 4.79 Å². The summed E-state index contributed by atoms with van der Waals surface area (Å²) >= 11 is 7.37. The molecule has 0 saturated carbocycles. The fourth-order valence-electron chi connectivity index (χ4n) is 2.99. The number of imidazole rings is 1. The number of amides is 1. The number of anilines is 1. The van der Waals surface area contributed by atoms with Crippen molar-refractivity contribution in [3.8, 4) is 0 Å². The second-order valence-electron chi connectivity index (χ2n) is 6.33. The Balaban J connectivity index is 1.40. The molecule has 4 aromatic rings. The van der Waals surface area contributed by atoms with Crippen LogP contribution in [0.1, 0.15) is 5.56 Å². The maximum Gasteiger partial charge on any atom is 0.234 e. The Bertz CT molecular complexity index is 1100. The van der Waals surface area contributed by atoms with Crippen LogP contribution < -0.4 is 5.32 Å². The van der Waals surface area contributed by atoms with Crippen molar-refractivity contribution in [1.29, 1.82) is 0 Å². The van der Waals surface area contributed by atoms with Crippen molar-refractivity contribution in [3.05, 3.63) is 89.7 Å². The van der Waals surface area contributed by atoms with Gasteiger partial charge in [0.05, 0.1) is 5.75 Å². The first-order valence-electron chi connectivity index (χ1n) is 8.85. The third-order valence-corrected chi connectivity index (χ3v) is 5.60. The lowest BCUT2D eigenvalue weighted by Crippen LogP contribution is -2.15. The first-order chi connectivity index (χ1) is 13.7. The molecule has 1 heterocycles. The number of hydrogen-bond acceptors (Lipinski definition) is 3. The van der Waals surface area contributed by atoms with Gasteiger partial charge in [-0.2, -0.15) is 0 Å². The van der Waals surface area contributed by atoms with E-state index in [1.807, 2.05) is 77.5 Å². The summed E-state index contributed by atoms with van der Waals surface area (Å²) in [4.78, 5) is 16.9. The number of aromatic nitrogens is 2. The number of benzene rings is 3. The van der Waals surface area contributed by atoms with E-state index in [1.165, 1.54) is 11.8 Å². The van der Waals surface area contributed by atoms with Gasteiger partial charge in [-0.3, -0.25) is 4.79 Å². The molecular weight excluding hydrogens is 390 g/mol. The van der Waals surface area contributed by atoms with Crippen molar-refractivity contribution in [1.82, 2.24) is 9.55 Å². The van der Waals surface area contributed by atoms with Crippen LogP contribution in [-0.2, 0) is 11.3 Å². The molecule has 1 N–H and O–H groups in total. The molecule has 3 aromatic carbocycles. The molecule has 140 valence electrons. The van der Waals surface area contributed by atoms with Crippen LogP contribution >= 0.6 is 23.4 Å². The minimum Gasteiger partial charge on any atom is -0.325 e. The Morgan fingerprint density at radius 2 is 1.82 bits per heavy atom. The molecule has 0 saturated heterocycles. The van der Waals surface area contributed by atoms with Gasteiger partial charge in [-0.15, -0.1) is 0 Å². The average Bonchev–Trinajstić information content (AvgIpc) is 3.15. The van der Waals surface area contributed by atoms with Gasteiger partial charge in [-0.25, -0.2) is 4.98 Å². The molecule has 28 heavy (non-hydrogen) atoms. The molecule has 0 radical (unpaired) electrons. The maximum atomic E-state index is 12.5. The predicted octanol–water partition coefficient (Wildman–Crippen LogP) is 5.47. The lowest BCUT2D eigenvalue weighted by atomic mass is 10.1. The molecule has 0 unspecified atom stereocenters. The van der Waals surface area contributed by atoms with Gasteiger partial charge in [0.2, 0.25) is 5.91 Å². The van der Waals surface area contributed by atoms with Gasteiger partial charge in [-0.05, 0) is 29.1 Å². The van der Waals surface area contributed by atoms with Crippen LogP contribution in [0.4, 0.5) is 5.69 Å². The van der Waals surface area contributed by atoms with Gasteiger partial charge < -0.3 is 9.88 Å². The van der Waals surface area contributed by atoms with Gasteiger partial charge in [0.1, 0.15) is 0 Å². The highest BCUT2D eigenvalue weighted by atomic mass is 35.5. The van der Waals surface area contributed by atoms with E-state index >= 15 is 0 Å². The summed E-state index contributed by atoms with van der Waals surface area (Å²) in [6, 6.07) is 21.6. The highest BCUT2D eigenvalue weighted by molar-refractivity contribution is 7.99. The highest BCUT2D eigenvalue weighted by Crippen LogP contribution is 2.24. The van der Waals surface area contributed by atoms with Gasteiger partial charge in [0.15, 0.2) is 5.16 Å². The highest BCUT2D eigenvalue weighted by Gasteiger charge is 2.10. The fourth-order valence-corrected chi connectivity index (χ4v) is 3.88. The monoisotopic (exact) mass is 407 g/mol. The van der Waals surface area contributed by atoms with Crippen LogP contribution in [0.5, 0.6) is 0 Å². The summed E-state index contributed by atoms with van der Waals surface area (Å²) in [6.45, 7) is 0.685. The van der Waals surface area contributed by atoms with Gasteiger partial charge in [0.25, 0.3) is 0 Å². The largest absolute Gasteiger partial charge is 0.325 e. The predicted molar refractivity (Wildman–Crippen MR) is 116 cm³/mol. The van der Waals surface area contributed by atoms with E-state index in [0.717, 1.165) is 27.2 Å². The molecule has 0 aliphatic rings. The Kier molecular flexibility index (Phi) is 5.65. The topological polar surface area (TPSA) is 46.9 Å². The number of nitrogens with one attached hydrogen (secondary N) is 1. The third-order valence-electron chi connectivity index (χ3n) is 4.34. The van der Waals surface area contributed by atoms with Crippen molar-refractivity contribution in [2.45, 2.75) is 11.7 Å². The summed E-state index contributed by atoms with van der Waals surface area (Å²) < 4.78 is 2.03. The second kappa shape index (κ2) is 8.50. The molecule has 0 spiro atoms. The summed E-state index contributed by atoms with van der Waals surface area (Å²) in [7, 11) is 0. The fraction of sp³-hybridized carbons (Fsp3) is 0.0909. The SMILES string of the molecule is O=C(CSc1nccn1Cc1ccc(Cl)cc1)Nc1cccc2ccccc12. The minimum absolute atomic E-state index is 0.0533. The van der Waals surface area contributed by atoms with Gasteiger partial charge in [0, 0.05) is 35.0 Å². The smallest absolute Gasteiger partial charge is 0.234 e. The zero-order valence-electron chi connectivity index (χ0n) is 15.0. The summed E-state index contributed by atoms with van der Waals surface area (Å²) in [6.07, 6.45) is 3.67. The maximum absolute atomic E-state index is 12.5. The molecule has 4 rings (SSSR count). The summed E-state index contributed by atoms with van der Waals surface area (Å²) in [5, 5.41) is 6.67. The normalized spacial score (nSPS) is 10.9. The van der Waals surface area contributed by atoms with Crippen molar-refractivity contribution in [2.75, 3.05) is 11.1 Å². The van der Waals surface area contributed by atoms with Crippen molar-refractivity contribution in [3.63, 3.8) is 0 Å². The molecule has 0 bridgehead atoms. The minimum atomic E-state index is -0.0533. The first kappa shape index (κ1) is 18.6. The summed E-state index contributed by atoms with van der Waals surface area (Å²) in [5.74, 6) is 0.239. The number of nitrogens with zero attached hydrogens (tertiary/aromatic N) is 2. The molecular formula is C22H18ClN3OS.